The van der Waals surface area contributed by atoms with Crippen LogP contribution in [0.4, 0.5) is 5.69 Å². The number of amides is 1. The second-order valence-electron chi connectivity index (χ2n) is 5.95. The summed E-state index contributed by atoms with van der Waals surface area (Å²) in [5, 5.41) is 10.8. The van der Waals surface area contributed by atoms with E-state index >= 15 is 0 Å². The molecule has 0 bridgehead atoms. The van der Waals surface area contributed by atoms with Crippen LogP contribution in [-0.2, 0) is 14.3 Å². The third kappa shape index (κ3) is 3.68. The number of carbonyl (C=O) groups excluding carboxylic acids is 2. The van der Waals surface area contributed by atoms with Gasteiger partial charge in [-0.25, -0.2) is 4.79 Å². The van der Waals surface area contributed by atoms with E-state index in [0.29, 0.717) is 26.4 Å². The maximum absolute atomic E-state index is 13.2. The van der Waals surface area contributed by atoms with Gasteiger partial charge in [0.15, 0.2) is 0 Å². The van der Waals surface area contributed by atoms with E-state index in [9.17, 15) is 14.7 Å². The van der Waals surface area contributed by atoms with Crippen molar-refractivity contribution < 1.29 is 19.4 Å². The highest BCUT2D eigenvalue weighted by Gasteiger charge is 2.38. The Bertz CT molecular complexity index is 1060. The molecule has 0 spiro atoms. The lowest BCUT2D eigenvalue weighted by Gasteiger charge is -2.18. The predicted octanol–water partition coefficient (Wildman–Crippen LogP) is 5.34. The quantitative estimate of drug-likeness (QED) is 0.473. The van der Waals surface area contributed by atoms with E-state index in [1.54, 1.807) is 37.3 Å². The van der Waals surface area contributed by atoms with Crippen LogP contribution in [0.25, 0.3) is 6.08 Å². The van der Waals surface area contributed by atoms with E-state index in [0.717, 1.165) is 0 Å². The largest absolute Gasteiger partial charge is 0.507 e. The monoisotopic (exact) mass is 481 g/mol. The highest BCUT2D eigenvalue weighted by atomic mass is 79.9. The van der Waals surface area contributed by atoms with Crippen molar-refractivity contribution in [2.45, 2.75) is 6.92 Å². The molecule has 8 heteroatoms. The second-order valence-corrected chi connectivity index (χ2v) is 7.68. The topological polar surface area (TPSA) is 66.8 Å². The normalized spacial score (nSPS) is 15.5. The van der Waals surface area contributed by atoms with Gasteiger partial charge in [0.25, 0.3) is 5.91 Å². The Balaban J connectivity index is 2.19. The molecule has 3 rings (SSSR count). The molecule has 2 aromatic rings. The van der Waals surface area contributed by atoms with Gasteiger partial charge in [-0.15, -0.1) is 0 Å². The number of rotatable bonds is 3. The van der Waals surface area contributed by atoms with Gasteiger partial charge in [0.05, 0.1) is 34.0 Å². The molecule has 0 atom stereocenters. The first-order valence-corrected chi connectivity index (χ1v) is 9.58. The summed E-state index contributed by atoms with van der Waals surface area (Å²) >= 11 is 15.4. The number of halogens is 3. The zero-order valence-electron chi connectivity index (χ0n) is 14.8. The minimum absolute atomic E-state index is 0.0293. The number of phenols is 1. The highest BCUT2D eigenvalue weighted by Crippen LogP contribution is 2.38. The lowest BCUT2D eigenvalue weighted by Crippen LogP contribution is -2.24. The number of phenolic OH excluding ortho intramolecular Hbond substituents is 1. The van der Waals surface area contributed by atoms with Crippen molar-refractivity contribution in [3.05, 3.63) is 73.3 Å². The van der Waals surface area contributed by atoms with Crippen LogP contribution in [0.3, 0.4) is 0 Å². The van der Waals surface area contributed by atoms with Gasteiger partial charge >= 0.3 is 5.97 Å². The van der Waals surface area contributed by atoms with Crippen LogP contribution in [-0.4, -0.2) is 24.1 Å². The molecule has 5 nitrogen and oxygen atoms in total. The summed E-state index contributed by atoms with van der Waals surface area (Å²) in [5.74, 6) is -1.14. The Morgan fingerprint density at radius 3 is 2.54 bits per heavy atom. The number of carbonyl (C=O) groups is 2. The van der Waals surface area contributed by atoms with E-state index in [-0.39, 0.29) is 21.9 Å². The van der Waals surface area contributed by atoms with Gasteiger partial charge in [-0.05, 0) is 49.4 Å². The Labute approximate surface area is 179 Å². The molecule has 144 valence electrons. The highest BCUT2D eigenvalue weighted by molar-refractivity contribution is 9.10. The average Bonchev–Trinajstić information content (AvgIpc) is 2.90. The fourth-order valence-electron chi connectivity index (χ4n) is 2.91. The number of aromatic hydroxyl groups is 1. The van der Waals surface area contributed by atoms with Gasteiger partial charge in [0, 0.05) is 15.7 Å². The van der Waals surface area contributed by atoms with E-state index in [2.05, 4.69) is 15.9 Å². The molecule has 0 fully saturated rings. The summed E-state index contributed by atoms with van der Waals surface area (Å²) in [6.07, 6.45) is 1.45. The van der Waals surface area contributed by atoms with Crippen molar-refractivity contribution in [1.82, 2.24) is 0 Å². The van der Waals surface area contributed by atoms with Crippen molar-refractivity contribution in [2.24, 2.45) is 0 Å². The number of hydrogen-bond donors (Lipinski definition) is 1. The molecule has 0 saturated heterocycles. The van der Waals surface area contributed by atoms with E-state index in [1.165, 1.54) is 24.2 Å². The zero-order chi connectivity index (χ0) is 20.6. The molecule has 2 aromatic carbocycles. The van der Waals surface area contributed by atoms with Crippen molar-refractivity contribution in [1.29, 1.82) is 0 Å². The molecule has 0 radical (unpaired) electrons. The molecule has 1 aliphatic heterocycles. The SMILES string of the molecule is COC(=O)C1=C(C)N(c2ccc(Cl)c(Cl)c2)C(=O)/C1=C\c1cc(Br)ccc1O. The number of allylic oxidation sites excluding steroid dienone is 1. The van der Waals surface area contributed by atoms with Crippen LogP contribution in [0.1, 0.15) is 12.5 Å². The van der Waals surface area contributed by atoms with Gasteiger partial charge in [0.2, 0.25) is 0 Å². The summed E-state index contributed by atoms with van der Waals surface area (Å²) in [5.41, 5.74) is 1.43. The molecule has 0 aromatic heterocycles. The van der Waals surface area contributed by atoms with Crippen LogP contribution in [0, 0.1) is 0 Å². The van der Waals surface area contributed by atoms with Gasteiger partial charge in [-0.1, -0.05) is 39.1 Å². The summed E-state index contributed by atoms with van der Waals surface area (Å²) in [6, 6.07) is 9.53. The molecule has 28 heavy (non-hydrogen) atoms. The Morgan fingerprint density at radius 2 is 1.89 bits per heavy atom. The van der Waals surface area contributed by atoms with E-state index < -0.39 is 11.9 Å². The van der Waals surface area contributed by atoms with Crippen LogP contribution < -0.4 is 4.90 Å². The Kier molecular flexibility index (Phi) is 5.84. The van der Waals surface area contributed by atoms with Crippen molar-refractivity contribution in [2.75, 3.05) is 12.0 Å². The first-order valence-electron chi connectivity index (χ1n) is 8.04. The third-order valence-electron chi connectivity index (χ3n) is 4.24. The average molecular weight is 483 g/mol. The molecular weight excluding hydrogens is 469 g/mol. The van der Waals surface area contributed by atoms with E-state index in [4.69, 9.17) is 27.9 Å². The Hall–Kier alpha value is -2.28. The van der Waals surface area contributed by atoms with Gasteiger partial charge in [-0.3, -0.25) is 9.69 Å². The molecule has 0 aliphatic carbocycles. The summed E-state index contributed by atoms with van der Waals surface area (Å²) in [4.78, 5) is 26.9. The molecular formula is C20H14BrCl2NO4. The number of nitrogens with zero attached hydrogens (tertiary/aromatic N) is 1. The van der Waals surface area contributed by atoms with Crippen LogP contribution >= 0.6 is 39.1 Å². The van der Waals surface area contributed by atoms with Gasteiger partial charge in [-0.2, -0.15) is 0 Å². The smallest absolute Gasteiger partial charge is 0.340 e. The molecule has 1 heterocycles. The number of methoxy groups -OCH3 is 1. The standard InChI is InChI=1S/C20H14BrCl2NO4/c1-10-18(20(27)28-2)14(8-11-7-12(21)3-6-17(11)25)19(26)24(10)13-4-5-15(22)16(23)9-13/h3-9,25H,1-2H3/b14-8-. The van der Waals surface area contributed by atoms with Gasteiger partial charge < -0.3 is 9.84 Å². The maximum atomic E-state index is 13.2. The molecule has 1 amide bonds. The lowest BCUT2D eigenvalue weighted by molar-refractivity contribution is -0.136. The fourth-order valence-corrected chi connectivity index (χ4v) is 3.58. The minimum Gasteiger partial charge on any atom is -0.507 e. The maximum Gasteiger partial charge on any atom is 0.340 e. The summed E-state index contributed by atoms with van der Waals surface area (Å²) < 4.78 is 5.58. The molecule has 1 aliphatic rings. The van der Waals surface area contributed by atoms with Crippen molar-refractivity contribution in [3.8, 4) is 5.75 Å². The number of hydrogen-bond acceptors (Lipinski definition) is 4. The molecule has 0 unspecified atom stereocenters. The first-order chi connectivity index (χ1) is 13.2. The number of anilines is 1. The van der Waals surface area contributed by atoms with Gasteiger partial charge in [0.1, 0.15) is 5.75 Å². The van der Waals surface area contributed by atoms with Crippen LogP contribution in [0.5, 0.6) is 5.75 Å². The number of ether oxygens (including phenoxy) is 1. The van der Waals surface area contributed by atoms with Crippen molar-refractivity contribution in [3.63, 3.8) is 0 Å². The summed E-state index contributed by atoms with van der Waals surface area (Å²) in [7, 11) is 1.24. The van der Waals surface area contributed by atoms with E-state index in [1.807, 2.05) is 0 Å². The van der Waals surface area contributed by atoms with Crippen LogP contribution in [0.15, 0.2) is 57.7 Å². The fraction of sp³-hybridized carbons (Fsp3) is 0.100. The third-order valence-corrected chi connectivity index (χ3v) is 5.47. The number of esters is 1. The Morgan fingerprint density at radius 1 is 1.18 bits per heavy atom. The predicted molar refractivity (Wildman–Crippen MR) is 112 cm³/mol. The first kappa shape index (κ1) is 20.5. The molecule has 1 N–H and O–H groups in total. The second kappa shape index (κ2) is 7.99. The summed E-state index contributed by atoms with van der Waals surface area (Å²) in [6.45, 7) is 1.63. The minimum atomic E-state index is -0.658. The number of benzene rings is 2. The zero-order valence-corrected chi connectivity index (χ0v) is 17.9. The lowest BCUT2D eigenvalue weighted by atomic mass is 10.0. The van der Waals surface area contributed by atoms with Crippen LogP contribution in [0.2, 0.25) is 10.0 Å². The van der Waals surface area contributed by atoms with Crippen molar-refractivity contribution >= 4 is 62.8 Å². The molecule has 0 saturated carbocycles.